The molecule has 0 saturated heterocycles. The Morgan fingerprint density at radius 2 is 2.05 bits per heavy atom. The minimum atomic E-state index is -1.07. The first kappa shape index (κ1) is 13.1. The van der Waals surface area contributed by atoms with Crippen LogP contribution in [0.3, 0.4) is 0 Å². The van der Waals surface area contributed by atoms with Gasteiger partial charge < -0.3 is 0 Å². The lowest BCUT2D eigenvalue weighted by Gasteiger charge is -2.14. The summed E-state index contributed by atoms with van der Waals surface area (Å²) in [5, 5.41) is 3.70. The smallest absolute Gasteiger partial charge is 0.298 e. The molecule has 0 bridgehead atoms. The minimum absolute atomic E-state index is 0.124. The Kier molecular flexibility index (Phi) is 2.98. The quantitative estimate of drug-likeness (QED) is 0.797. The molecule has 0 spiro atoms. The average Bonchev–Trinajstić information content (AvgIpc) is 2.87. The number of nitrogens with zero attached hydrogens (tertiary/aromatic N) is 3. The largest absolute Gasteiger partial charge is 0.299 e. The summed E-state index contributed by atoms with van der Waals surface area (Å²) in [4.78, 5) is 24.5. The number of halogens is 3. The first-order chi connectivity index (χ1) is 9.49. The molecule has 102 valence electrons. The van der Waals surface area contributed by atoms with Crippen LogP contribution in [0.4, 0.5) is 14.5 Å². The first-order valence-corrected chi connectivity index (χ1v) is 6.46. The molecular weight excluding hydrogens is 312 g/mol. The van der Waals surface area contributed by atoms with Gasteiger partial charge in [-0.3, -0.25) is 14.5 Å². The van der Waals surface area contributed by atoms with Crippen molar-refractivity contribution in [3.05, 3.63) is 39.4 Å². The zero-order valence-electron chi connectivity index (χ0n) is 9.56. The van der Waals surface area contributed by atoms with Crippen LogP contribution in [0.2, 0.25) is 4.34 Å². The maximum atomic E-state index is 13.6. The van der Waals surface area contributed by atoms with E-state index in [1.54, 1.807) is 0 Å². The summed E-state index contributed by atoms with van der Waals surface area (Å²) in [7, 11) is 0. The number of rotatable bonds is 2. The van der Waals surface area contributed by atoms with Gasteiger partial charge in [-0.05, 0) is 6.07 Å². The fraction of sp³-hybridized carbons (Fsp3) is 0.0909. The number of benzene rings is 1. The van der Waals surface area contributed by atoms with E-state index < -0.39 is 28.9 Å². The van der Waals surface area contributed by atoms with E-state index in [0.29, 0.717) is 6.07 Å². The molecule has 0 aliphatic carbocycles. The Bertz CT molecular complexity index is 749. The fourth-order valence-electron chi connectivity index (χ4n) is 1.93. The zero-order valence-corrected chi connectivity index (χ0v) is 11.1. The number of hydrogen-bond acceptors (Lipinski definition) is 5. The van der Waals surface area contributed by atoms with Gasteiger partial charge in [0.05, 0.1) is 17.8 Å². The van der Waals surface area contributed by atoms with Gasteiger partial charge in [-0.2, -0.15) is 0 Å². The Labute approximate surface area is 119 Å². The Balaban J connectivity index is 2.09. The molecule has 1 aromatic carbocycles. The van der Waals surface area contributed by atoms with Crippen molar-refractivity contribution in [1.82, 2.24) is 9.59 Å². The molecule has 0 fully saturated rings. The molecule has 1 aliphatic rings. The lowest BCUT2D eigenvalue weighted by atomic mass is 10.1. The highest BCUT2D eigenvalue weighted by Crippen LogP contribution is 2.34. The number of aromatic nitrogens is 2. The maximum absolute atomic E-state index is 13.6. The van der Waals surface area contributed by atoms with Crippen LogP contribution in [0, 0.1) is 11.6 Å². The maximum Gasteiger partial charge on any atom is 0.299 e. The van der Waals surface area contributed by atoms with E-state index in [-0.39, 0.29) is 22.3 Å². The third kappa shape index (κ3) is 1.88. The molecule has 3 rings (SSSR count). The average molecular weight is 316 g/mol. The molecule has 1 amide bonds. The number of Topliss-reactive ketones (excluding diaryl/α,β-unsaturated/α-hetero) is 1. The van der Waals surface area contributed by atoms with E-state index >= 15 is 0 Å². The van der Waals surface area contributed by atoms with Gasteiger partial charge in [0.2, 0.25) is 0 Å². The van der Waals surface area contributed by atoms with Gasteiger partial charge in [-0.25, -0.2) is 8.78 Å². The molecular formula is C11H4ClF2N3O2S. The Morgan fingerprint density at radius 3 is 2.70 bits per heavy atom. The lowest BCUT2D eigenvalue weighted by molar-refractivity contribution is -0.114. The second kappa shape index (κ2) is 4.57. The van der Waals surface area contributed by atoms with E-state index in [1.165, 1.54) is 0 Å². The SMILES string of the molecule is O=C1C(=O)N(Cc2nnsc2Cl)c2cc(F)cc(F)c21. The van der Waals surface area contributed by atoms with Crippen molar-refractivity contribution in [2.45, 2.75) is 6.54 Å². The zero-order chi connectivity index (χ0) is 14.4. The van der Waals surface area contributed by atoms with Crippen molar-refractivity contribution in [1.29, 1.82) is 0 Å². The number of amides is 1. The standard InChI is InChI=1S/C11H4ClF2N3O2S/c12-10-6(15-16-20-10)3-17-7-2-4(13)1-5(14)8(7)9(18)11(17)19/h1-2H,3H2. The highest BCUT2D eigenvalue weighted by atomic mass is 35.5. The predicted molar refractivity (Wildman–Crippen MR) is 66.8 cm³/mol. The van der Waals surface area contributed by atoms with Crippen LogP contribution in [0.1, 0.15) is 16.1 Å². The van der Waals surface area contributed by atoms with Gasteiger partial charge in [-0.15, -0.1) is 5.10 Å². The van der Waals surface area contributed by atoms with Crippen LogP contribution in [-0.4, -0.2) is 21.3 Å². The number of carbonyl (C=O) groups excluding carboxylic acids is 2. The van der Waals surface area contributed by atoms with Gasteiger partial charge in [0, 0.05) is 17.6 Å². The number of hydrogen-bond donors (Lipinski definition) is 0. The minimum Gasteiger partial charge on any atom is -0.298 e. The Morgan fingerprint density at radius 1 is 1.30 bits per heavy atom. The molecule has 0 radical (unpaired) electrons. The molecule has 1 aromatic heterocycles. The van der Waals surface area contributed by atoms with E-state index in [2.05, 4.69) is 9.59 Å². The molecule has 5 nitrogen and oxygen atoms in total. The van der Waals surface area contributed by atoms with Crippen LogP contribution in [0.25, 0.3) is 0 Å². The van der Waals surface area contributed by atoms with Crippen LogP contribution in [0.5, 0.6) is 0 Å². The number of fused-ring (bicyclic) bond motifs is 1. The van der Waals surface area contributed by atoms with Crippen molar-refractivity contribution in [3.8, 4) is 0 Å². The molecule has 0 unspecified atom stereocenters. The van der Waals surface area contributed by atoms with Gasteiger partial charge in [-0.1, -0.05) is 16.1 Å². The number of anilines is 1. The molecule has 9 heteroatoms. The monoisotopic (exact) mass is 315 g/mol. The topological polar surface area (TPSA) is 63.2 Å². The van der Waals surface area contributed by atoms with Crippen molar-refractivity contribution < 1.29 is 18.4 Å². The molecule has 2 aromatic rings. The molecule has 2 heterocycles. The highest BCUT2D eigenvalue weighted by molar-refractivity contribution is 7.10. The van der Waals surface area contributed by atoms with Crippen LogP contribution >= 0.6 is 23.1 Å². The van der Waals surface area contributed by atoms with Crippen molar-refractivity contribution in [2.75, 3.05) is 4.90 Å². The number of carbonyl (C=O) groups is 2. The van der Waals surface area contributed by atoms with E-state index in [0.717, 1.165) is 22.5 Å². The second-order valence-corrected chi connectivity index (χ2v) is 5.35. The van der Waals surface area contributed by atoms with Crippen LogP contribution in [-0.2, 0) is 11.3 Å². The third-order valence-electron chi connectivity index (χ3n) is 2.81. The molecule has 0 atom stereocenters. The summed E-state index contributed by atoms with van der Waals surface area (Å²) in [5.74, 6) is -3.91. The van der Waals surface area contributed by atoms with Crippen molar-refractivity contribution in [2.24, 2.45) is 0 Å². The molecule has 0 saturated carbocycles. The summed E-state index contributed by atoms with van der Waals surface area (Å²) in [6.07, 6.45) is 0. The third-order valence-corrected chi connectivity index (χ3v) is 3.79. The van der Waals surface area contributed by atoms with Crippen molar-refractivity contribution in [3.63, 3.8) is 0 Å². The fourth-order valence-corrected chi connectivity index (χ4v) is 2.55. The molecule has 0 N–H and O–H groups in total. The predicted octanol–water partition coefficient (Wildman–Crippen LogP) is 2.20. The summed E-state index contributed by atoms with van der Waals surface area (Å²) in [5.41, 5.74) is -0.299. The summed E-state index contributed by atoms with van der Waals surface area (Å²) < 4.78 is 30.7. The van der Waals surface area contributed by atoms with Crippen molar-refractivity contribution >= 4 is 40.5 Å². The first-order valence-electron chi connectivity index (χ1n) is 5.31. The van der Waals surface area contributed by atoms with Gasteiger partial charge in [0.15, 0.2) is 0 Å². The summed E-state index contributed by atoms with van der Waals surface area (Å²) >= 11 is 6.73. The molecule has 1 aliphatic heterocycles. The lowest BCUT2D eigenvalue weighted by Crippen LogP contribution is -2.29. The van der Waals surface area contributed by atoms with Crippen LogP contribution < -0.4 is 4.90 Å². The Hall–Kier alpha value is -1.93. The van der Waals surface area contributed by atoms with E-state index in [1.807, 2.05) is 0 Å². The van der Waals surface area contributed by atoms with E-state index in [4.69, 9.17) is 11.6 Å². The van der Waals surface area contributed by atoms with Gasteiger partial charge in [0.25, 0.3) is 11.7 Å². The van der Waals surface area contributed by atoms with Gasteiger partial charge >= 0.3 is 0 Å². The second-order valence-electron chi connectivity index (χ2n) is 4.00. The number of ketones is 1. The van der Waals surface area contributed by atoms with Gasteiger partial charge in [0.1, 0.15) is 21.7 Å². The highest BCUT2D eigenvalue weighted by Gasteiger charge is 2.39. The van der Waals surface area contributed by atoms with Crippen LogP contribution in [0.15, 0.2) is 12.1 Å². The van der Waals surface area contributed by atoms with E-state index in [9.17, 15) is 18.4 Å². The molecule has 20 heavy (non-hydrogen) atoms. The summed E-state index contributed by atoms with van der Waals surface area (Å²) in [6.45, 7) is -0.171. The summed E-state index contributed by atoms with van der Waals surface area (Å²) in [6, 6.07) is 1.49. The normalized spacial score (nSPS) is 14.1.